The van der Waals surface area contributed by atoms with Crippen LogP contribution in [-0.2, 0) is 17.8 Å². The number of benzene rings is 1. The normalized spacial score (nSPS) is 19.2. The van der Waals surface area contributed by atoms with Crippen molar-refractivity contribution < 1.29 is 9.90 Å². The maximum Gasteiger partial charge on any atom is 0.236 e. The van der Waals surface area contributed by atoms with E-state index < -0.39 is 6.10 Å². The number of amides is 1. The zero-order valence-corrected chi connectivity index (χ0v) is 16.6. The number of carbonyl (C=O) groups is 1. The van der Waals surface area contributed by atoms with Gasteiger partial charge in [-0.3, -0.25) is 19.7 Å². The number of nitrogens with zero attached hydrogens (tertiary/aromatic N) is 4. The predicted molar refractivity (Wildman–Crippen MR) is 112 cm³/mol. The number of hydrogen-bond acceptors (Lipinski definition) is 5. The van der Waals surface area contributed by atoms with Crippen molar-refractivity contribution in [3.05, 3.63) is 72.2 Å². The number of rotatable bonds is 6. The van der Waals surface area contributed by atoms with Crippen LogP contribution in [0.1, 0.15) is 11.1 Å². The number of para-hydroxylation sites is 1. The molecule has 0 bridgehead atoms. The van der Waals surface area contributed by atoms with Crippen LogP contribution in [0.3, 0.4) is 0 Å². The van der Waals surface area contributed by atoms with E-state index in [1.165, 1.54) is 5.56 Å². The molecule has 1 aliphatic heterocycles. The molecule has 1 saturated heterocycles. The molecule has 0 aliphatic carbocycles. The Morgan fingerprint density at radius 2 is 1.93 bits per heavy atom. The highest BCUT2D eigenvalue weighted by atomic mass is 16.3. The van der Waals surface area contributed by atoms with Gasteiger partial charge < -0.3 is 10.0 Å². The highest BCUT2D eigenvalue weighted by Crippen LogP contribution is 2.25. The smallest absolute Gasteiger partial charge is 0.236 e. The molecule has 4 rings (SSSR count). The first-order valence-electron chi connectivity index (χ1n) is 9.96. The Hall–Kier alpha value is -2.83. The van der Waals surface area contributed by atoms with Crippen LogP contribution < -0.4 is 0 Å². The Labute approximate surface area is 170 Å². The molecule has 1 N–H and O–H groups in total. The maximum absolute atomic E-state index is 12.8. The number of aromatic nitrogens is 2. The summed E-state index contributed by atoms with van der Waals surface area (Å²) in [5.41, 5.74) is 3.26. The second kappa shape index (κ2) is 8.68. The van der Waals surface area contributed by atoms with Crippen molar-refractivity contribution in [2.75, 3.05) is 26.7 Å². The third kappa shape index (κ3) is 4.60. The van der Waals surface area contributed by atoms with Crippen molar-refractivity contribution in [1.29, 1.82) is 0 Å². The number of likely N-dealkylation sites (N-methyl/N-ethyl adjacent to an activating group) is 1. The third-order valence-corrected chi connectivity index (χ3v) is 5.59. The molecule has 0 radical (unpaired) electrons. The van der Waals surface area contributed by atoms with Crippen molar-refractivity contribution in [2.45, 2.75) is 19.1 Å². The summed E-state index contributed by atoms with van der Waals surface area (Å²) in [5.74, 6) is 0.0953. The van der Waals surface area contributed by atoms with Gasteiger partial charge in [0.15, 0.2) is 0 Å². The SMILES string of the molecule is CN(CC(=O)N1C[C@@H](Cc2ccnc3ccccc23)[C@@H](O)C1)Cc1ccncc1. The average Bonchev–Trinajstić information content (AvgIpc) is 3.09. The van der Waals surface area contributed by atoms with Gasteiger partial charge >= 0.3 is 0 Å². The molecule has 1 amide bonds. The fourth-order valence-corrected chi connectivity index (χ4v) is 4.06. The molecule has 2 aromatic heterocycles. The molecule has 1 fully saturated rings. The van der Waals surface area contributed by atoms with Gasteiger partial charge in [-0.05, 0) is 48.9 Å². The number of fused-ring (bicyclic) bond motifs is 1. The summed E-state index contributed by atoms with van der Waals surface area (Å²) in [6, 6.07) is 14.0. The van der Waals surface area contributed by atoms with Crippen molar-refractivity contribution in [2.24, 2.45) is 5.92 Å². The van der Waals surface area contributed by atoms with E-state index in [2.05, 4.69) is 16.0 Å². The molecule has 3 aromatic rings. The molecule has 6 heteroatoms. The van der Waals surface area contributed by atoms with Crippen LogP contribution in [0.4, 0.5) is 0 Å². The summed E-state index contributed by atoms with van der Waals surface area (Å²) in [7, 11) is 1.94. The Kier molecular flexibility index (Phi) is 5.83. The molecule has 0 saturated carbocycles. The largest absolute Gasteiger partial charge is 0.391 e. The van der Waals surface area contributed by atoms with E-state index in [4.69, 9.17) is 0 Å². The molecule has 6 nitrogen and oxygen atoms in total. The molecule has 29 heavy (non-hydrogen) atoms. The van der Waals surface area contributed by atoms with Crippen LogP contribution in [0.25, 0.3) is 10.9 Å². The molecule has 0 unspecified atom stereocenters. The first-order chi connectivity index (χ1) is 14.1. The Morgan fingerprint density at radius 1 is 1.14 bits per heavy atom. The standard InChI is InChI=1S/C23H26N4O2/c1-26(13-17-6-9-24-10-7-17)16-23(29)27-14-19(22(28)15-27)12-18-8-11-25-21-5-3-2-4-20(18)21/h2-11,19,22,28H,12-16H2,1H3/t19-,22+/m1/s1. The lowest BCUT2D eigenvalue weighted by Gasteiger charge is -2.21. The van der Waals surface area contributed by atoms with E-state index in [0.29, 0.717) is 26.2 Å². The van der Waals surface area contributed by atoms with E-state index in [-0.39, 0.29) is 11.8 Å². The molecule has 1 aromatic carbocycles. The number of likely N-dealkylation sites (tertiary alicyclic amines) is 1. The molecular weight excluding hydrogens is 364 g/mol. The van der Waals surface area contributed by atoms with Crippen LogP contribution in [-0.4, -0.2) is 63.6 Å². The van der Waals surface area contributed by atoms with Gasteiger partial charge in [-0.15, -0.1) is 0 Å². The molecule has 1 aliphatic rings. The molecule has 2 atom stereocenters. The van der Waals surface area contributed by atoms with Gasteiger partial charge in [0.1, 0.15) is 0 Å². The van der Waals surface area contributed by atoms with Crippen LogP contribution in [0.5, 0.6) is 0 Å². The maximum atomic E-state index is 12.8. The van der Waals surface area contributed by atoms with Crippen molar-refractivity contribution >= 4 is 16.8 Å². The summed E-state index contributed by atoms with van der Waals surface area (Å²) >= 11 is 0. The molecule has 3 heterocycles. The quantitative estimate of drug-likeness (QED) is 0.698. The van der Waals surface area contributed by atoms with Gasteiger partial charge in [0.05, 0.1) is 18.2 Å². The van der Waals surface area contributed by atoms with Gasteiger partial charge in [0, 0.05) is 49.5 Å². The van der Waals surface area contributed by atoms with Crippen LogP contribution >= 0.6 is 0 Å². The lowest BCUT2D eigenvalue weighted by atomic mass is 9.94. The average molecular weight is 390 g/mol. The Balaban J connectivity index is 1.37. The summed E-state index contributed by atoms with van der Waals surface area (Å²) in [5, 5.41) is 11.7. The second-order valence-corrected chi connectivity index (χ2v) is 7.85. The van der Waals surface area contributed by atoms with Crippen LogP contribution in [0.2, 0.25) is 0 Å². The fourth-order valence-electron chi connectivity index (χ4n) is 4.06. The highest BCUT2D eigenvalue weighted by molar-refractivity contribution is 5.82. The van der Waals surface area contributed by atoms with Gasteiger partial charge in [-0.1, -0.05) is 18.2 Å². The molecule has 150 valence electrons. The monoisotopic (exact) mass is 390 g/mol. The predicted octanol–water partition coefficient (Wildman–Crippen LogP) is 2.12. The van der Waals surface area contributed by atoms with Crippen molar-refractivity contribution in [1.82, 2.24) is 19.8 Å². The number of β-amino-alcohol motifs (C(OH)–C–C–N with tert-alkyl or cyclic N) is 1. The van der Waals surface area contributed by atoms with E-state index >= 15 is 0 Å². The zero-order valence-electron chi connectivity index (χ0n) is 16.6. The lowest BCUT2D eigenvalue weighted by Crippen LogP contribution is -2.38. The topological polar surface area (TPSA) is 69.6 Å². The van der Waals surface area contributed by atoms with Crippen LogP contribution in [0.15, 0.2) is 61.1 Å². The summed E-state index contributed by atoms with van der Waals surface area (Å²) < 4.78 is 0. The number of aliphatic hydroxyl groups is 1. The number of pyridine rings is 2. The molecule has 0 spiro atoms. The van der Waals surface area contributed by atoms with Gasteiger partial charge in [-0.2, -0.15) is 0 Å². The fraction of sp³-hybridized carbons (Fsp3) is 0.348. The minimum atomic E-state index is -0.503. The molecular formula is C23H26N4O2. The van der Waals surface area contributed by atoms with Gasteiger partial charge in [-0.25, -0.2) is 0 Å². The minimum absolute atomic E-state index is 0.0373. The summed E-state index contributed by atoms with van der Waals surface area (Å²) in [4.78, 5) is 25.0. The van der Waals surface area contributed by atoms with Crippen molar-refractivity contribution in [3.63, 3.8) is 0 Å². The van der Waals surface area contributed by atoms with E-state index in [1.54, 1.807) is 17.3 Å². The van der Waals surface area contributed by atoms with E-state index in [0.717, 1.165) is 22.9 Å². The van der Waals surface area contributed by atoms with E-state index in [1.807, 2.05) is 54.5 Å². The van der Waals surface area contributed by atoms with Gasteiger partial charge in [0.25, 0.3) is 0 Å². The number of aliphatic hydroxyl groups excluding tert-OH is 1. The third-order valence-electron chi connectivity index (χ3n) is 5.59. The first kappa shape index (κ1) is 19.5. The Bertz CT molecular complexity index is 974. The number of hydrogen-bond donors (Lipinski definition) is 1. The lowest BCUT2D eigenvalue weighted by molar-refractivity contribution is -0.131. The zero-order chi connectivity index (χ0) is 20.2. The van der Waals surface area contributed by atoms with Crippen molar-refractivity contribution in [3.8, 4) is 0 Å². The van der Waals surface area contributed by atoms with Gasteiger partial charge in [0.2, 0.25) is 5.91 Å². The first-order valence-corrected chi connectivity index (χ1v) is 9.96. The van der Waals surface area contributed by atoms with E-state index in [9.17, 15) is 9.90 Å². The summed E-state index contributed by atoms with van der Waals surface area (Å²) in [6.07, 6.45) is 5.57. The highest BCUT2D eigenvalue weighted by Gasteiger charge is 2.34. The Morgan fingerprint density at radius 3 is 2.76 bits per heavy atom. The van der Waals surface area contributed by atoms with Crippen LogP contribution in [0, 0.1) is 5.92 Å². The summed E-state index contributed by atoms with van der Waals surface area (Å²) in [6.45, 7) is 2.01. The number of carbonyl (C=O) groups excluding carboxylic acids is 1. The minimum Gasteiger partial charge on any atom is -0.391 e. The second-order valence-electron chi connectivity index (χ2n) is 7.85.